The molecule has 9 heteroatoms. The molecular weight excluding hydrogens is 443 g/mol. The molecule has 2 aliphatic heterocycles. The number of benzene rings is 1. The fourth-order valence-electron chi connectivity index (χ4n) is 5.75. The number of carbonyl (C=O) groups is 1. The fourth-order valence-corrected chi connectivity index (χ4v) is 5.75. The first-order chi connectivity index (χ1) is 16.0. The van der Waals surface area contributed by atoms with Crippen molar-refractivity contribution in [2.24, 2.45) is 22.7 Å². The number of azo groups is 1. The van der Waals surface area contributed by atoms with Gasteiger partial charge in [0.15, 0.2) is 17.6 Å². The van der Waals surface area contributed by atoms with Crippen molar-refractivity contribution in [2.45, 2.75) is 57.8 Å². The predicted molar refractivity (Wildman–Crippen MR) is 121 cm³/mol. The van der Waals surface area contributed by atoms with E-state index in [1.54, 1.807) is 17.9 Å². The van der Waals surface area contributed by atoms with Crippen molar-refractivity contribution >= 4 is 5.78 Å². The first kappa shape index (κ1) is 22.6. The van der Waals surface area contributed by atoms with Gasteiger partial charge in [0.2, 0.25) is 0 Å². The van der Waals surface area contributed by atoms with Gasteiger partial charge in [0, 0.05) is 42.1 Å². The van der Waals surface area contributed by atoms with E-state index in [1.807, 2.05) is 51.2 Å². The van der Waals surface area contributed by atoms with Crippen LogP contribution >= 0.6 is 0 Å². The molecule has 2 unspecified atom stereocenters. The normalized spacial score (nSPS) is 26.0. The van der Waals surface area contributed by atoms with Gasteiger partial charge in [-0.2, -0.15) is 23.4 Å². The minimum absolute atomic E-state index is 0.0117. The van der Waals surface area contributed by atoms with Crippen LogP contribution in [-0.4, -0.2) is 27.9 Å². The fraction of sp³-hybridized carbons (Fsp3) is 0.440. The lowest BCUT2D eigenvalue weighted by atomic mass is 9.58. The molecular formula is C25H26F3N5O. The summed E-state index contributed by atoms with van der Waals surface area (Å²) in [5, 5.41) is 14.9. The average Bonchev–Trinajstić information content (AvgIpc) is 3.37. The zero-order valence-corrected chi connectivity index (χ0v) is 19.5. The summed E-state index contributed by atoms with van der Waals surface area (Å²) in [7, 11) is 1.81. The maximum absolute atomic E-state index is 14.2. The predicted octanol–water partition coefficient (Wildman–Crippen LogP) is 5.59. The van der Waals surface area contributed by atoms with Crippen molar-refractivity contribution < 1.29 is 18.0 Å². The van der Waals surface area contributed by atoms with Crippen LogP contribution in [0.5, 0.6) is 0 Å². The molecule has 5 rings (SSSR count). The average molecular weight is 470 g/mol. The van der Waals surface area contributed by atoms with Crippen LogP contribution in [0.1, 0.15) is 45.6 Å². The Morgan fingerprint density at radius 3 is 2.62 bits per heavy atom. The summed E-state index contributed by atoms with van der Waals surface area (Å²) in [6, 6.07) is 7.40. The number of allylic oxidation sites excluding steroid dienone is 3. The van der Waals surface area contributed by atoms with Gasteiger partial charge in [0.05, 0.1) is 11.6 Å². The van der Waals surface area contributed by atoms with Crippen LogP contribution in [0, 0.1) is 5.41 Å². The first-order valence-electron chi connectivity index (χ1n) is 11.3. The molecule has 0 amide bonds. The van der Waals surface area contributed by atoms with E-state index >= 15 is 0 Å². The number of Topliss-reactive ketones (excluding diaryl/α,β-unsaturated/α-hetero) is 1. The molecule has 1 aromatic heterocycles. The highest BCUT2D eigenvalue weighted by atomic mass is 19.4. The third-order valence-corrected chi connectivity index (χ3v) is 7.07. The van der Waals surface area contributed by atoms with E-state index in [0.717, 1.165) is 11.1 Å². The summed E-state index contributed by atoms with van der Waals surface area (Å²) < 4.78 is 44.2. The maximum Gasteiger partial charge on any atom is 0.435 e. The number of hydrogen-bond acceptors (Lipinski definition) is 5. The van der Waals surface area contributed by atoms with Gasteiger partial charge in [-0.3, -0.25) is 9.48 Å². The monoisotopic (exact) mass is 469 g/mol. The number of carbonyl (C=O) groups excluding carboxylic acids is 1. The van der Waals surface area contributed by atoms with E-state index in [9.17, 15) is 18.0 Å². The Bertz CT molecular complexity index is 1280. The molecule has 0 bridgehead atoms. The molecule has 6 nitrogen and oxygen atoms in total. The van der Waals surface area contributed by atoms with E-state index < -0.39 is 23.5 Å². The Kier molecular flexibility index (Phi) is 4.90. The van der Waals surface area contributed by atoms with E-state index in [2.05, 4.69) is 20.6 Å². The van der Waals surface area contributed by atoms with Crippen LogP contribution in [-0.2, 0) is 17.3 Å². The Hall–Kier alpha value is -3.23. The second kappa shape index (κ2) is 7.38. The molecule has 2 atom stereocenters. The van der Waals surface area contributed by atoms with Gasteiger partial charge >= 0.3 is 6.18 Å². The summed E-state index contributed by atoms with van der Waals surface area (Å²) in [6.45, 7) is 5.82. The van der Waals surface area contributed by atoms with E-state index in [-0.39, 0.29) is 29.6 Å². The molecule has 1 aliphatic carbocycles. The quantitative estimate of drug-likeness (QED) is 0.637. The van der Waals surface area contributed by atoms with Gasteiger partial charge in [-0.1, -0.05) is 39.0 Å². The standard InChI is InChI=1S/C25H26F3N5O/c1-5-24(16-8-6-7-14(9-16)15-12-29-33(4)13-15)19-17(10-23(2,3)11-18(19)34)30-22-20(24)21(31-32-22)25(26,27)28/h6-9,12-13,22,30H,5,10-11H2,1-4H3. The Labute approximate surface area is 195 Å². The van der Waals surface area contributed by atoms with Crippen molar-refractivity contribution in [2.75, 3.05) is 0 Å². The smallest absolute Gasteiger partial charge is 0.362 e. The summed E-state index contributed by atoms with van der Waals surface area (Å²) in [5.41, 5.74) is 0.796. The topological polar surface area (TPSA) is 71.6 Å². The second-order valence-electron chi connectivity index (χ2n) is 10.1. The molecule has 0 spiro atoms. The number of aromatic nitrogens is 2. The zero-order valence-electron chi connectivity index (χ0n) is 19.5. The number of ketones is 1. The lowest BCUT2D eigenvalue weighted by Gasteiger charge is -2.48. The van der Waals surface area contributed by atoms with Crippen LogP contribution in [0.3, 0.4) is 0 Å². The van der Waals surface area contributed by atoms with Crippen LogP contribution in [0.4, 0.5) is 13.2 Å². The summed E-state index contributed by atoms with van der Waals surface area (Å²) in [4.78, 5) is 13.6. The van der Waals surface area contributed by atoms with Crippen LogP contribution < -0.4 is 5.32 Å². The number of hydrogen-bond donors (Lipinski definition) is 1. The molecule has 1 aromatic carbocycles. The highest BCUT2D eigenvalue weighted by molar-refractivity contribution is 6.01. The van der Waals surface area contributed by atoms with Gasteiger partial charge in [-0.15, -0.1) is 5.11 Å². The van der Waals surface area contributed by atoms with Crippen molar-refractivity contribution in [1.82, 2.24) is 15.1 Å². The van der Waals surface area contributed by atoms with Gasteiger partial charge < -0.3 is 5.32 Å². The molecule has 3 heterocycles. The third kappa shape index (κ3) is 3.32. The van der Waals surface area contributed by atoms with Crippen LogP contribution in [0.2, 0.25) is 0 Å². The Morgan fingerprint density at radius 1 is 1.21 bits per heavy atom. The minimum atomic E-state index is -4.69. The second-order valence-corrected chi connectivity index (χ2v) is 10.1. The number of nitrogens with zero attached hydrogens (tertiary/aromatic N) is 4. The van der Waals surface area contributed by atoms with Crippen molar-refractivity contribution in [3.05, 3.63) is 64.8 Å². The lowest BCUT2D eigenvalue weighted by molar-refractivity contribution is -0.119. The summed E-state index contributed by atoms with van der Waals surface area (Å²) >= 11 is 0. The molecule has 3 aliphatic rings. The van der Waals surface area contributed by atoms with Crippen molar-refractivity contribution in [3.63, 3.8) is 0 Å². The molecule has 0 fully saturated rings. The van der Waals surface area contributed by atoms with Crippen molar-refractivity contribution in [3.8, 4) is 11.1 Å². The highest BCUT2D eigenvalue weighted by Crippen LogP contribution is 2.56. The number of alkyl halides is 3. The van der Waals surface area contributed by atoms with E-state index in [1.165, 1.54) is 0 Å². The SMILES string of the molecule is CCC1(c2cccc(-c3cnn(C)c3)c2)C2=C(CC(C)(C)CC2=O)NC2N=NC(C(F)(F)F)=C21. The summed E-state index contributed by atoms with van der Waals surface area (Å²) in [6.07, 6.45) is -0.994. The summed E-state index contributed by atoms with van der Waals surface area (Å²) in [5.74, 6) is -0.133. The lowest BCUT2D eigenvalue weighted by Crippen LogP contribution is -2.52. The van der Waals surface area contributed by atoms with Gasteiger partial charge in [-0.25, -0.2) is 0 Å². The number of nitrogens with one attached hydrogen (secondary N) is 1. The zero-order chi connectivity index (χ0) is 24.5. The van der Waals surface area contributed by atoms with Gasteiger partial charge in [0.1, 0.15) is 0 Å². The minimum Gasteiger partial charge on any atom is -0.362 e. The largest absolute Gasteiger partial charge is 0.435 e. The maximum atomic E-state index is 14.2. The number of halogens is 3. The van der Waals surface area contributed by atoms with Crippen molar-refractivity contribution in [1.29, 1.82) is 0 Å². The third-order valence-electron chi connectivity index (χ3n) is 7.07. The molecule has 34 heavy (non-hydrogen) atoms. The number of aryl methyl sites for hydroxylation is 1. The molecule has 0 radical (unpaired) electrons. The molecule has 1 N–H and O–H groups in total. The highest BCUT2D eigenvalue weighted by Gasteiger charge is 2.57. The molecule has 178 valence electrons. The van der Waals surface area contributed by atoms with Crippen LogP contribution in [0.15, 0.2) is 69.4 Å². The van der Waals surface area contributed by atoms with Gasteiger partial charge in [-0.05, 0) is 35.4 Å². The van der Waals surface area contributed by atoms with E-state index in [0.29, 0.717) is 23.3 Å². The van der Waals surface area contributed by atoms with Crippen LogP contribution in [0.25, 0.3) is 11.1 Å². The molecule has 2 aromatic rings. The van der Waals surface area contributed by atoms with E-state index in [4.69, 9.17) is 0 Å². The number of rotatable bonds is 3. The van der Waals surface area contributed by atoms with Gasteiger partial charge in [0.25, 0.3) is 0 Å². The first-order valence-corrected chi connectivity index (χ1v) is 11.3. The molecule has 0 saturated carbocycles. The molecule has 0 saturated heterocycles. The Balaban J connectivity index is 1.82. The Morgan fingerprint density at radius 2 is 1.97 bits per heavy atom. The number of fused-ring (bicyclic) bond motifs is 1.